The molecule has 0 saturated carbocycles. The molecule has 0 amide bonds. The van der Waals surface area contributed by atoms with Gasteiger partial charge in [-0.3, -0.25) is 10.1 Å². The Labute approximate surface area is 97.8 Å². The number of esters is 1. The number of nitrogens with two attached hydrogens (primary N) is 1. The van der Waals surface area contributed by atoms with E-state index >= 15 is 0 Å². The highest BCUT2D eigenvalue weighted by Crippen LogP contribution is 2.20. The molecular weight excluding hydrogens is 224 g/mol. The van der Waals surface area contributed by atoms with E-state index in [0.29, 0.717) is 5.57 Å². The summed E-state index contributed by atoms with van der Waals surface area (Å²) >= 11 is 0. The molecule has 0 heterocycles. The van der Waals surface area contributed by atoms with Crippen LogP contribution in [0.2, 0.25) is 0 Å². The van der Waals surface area contributed by atoms with Gasteiger partial charge in [0.1, 0.15) is 6.61 Å². The summed E-state index contributed by atoms with van der Waals surface area (Å²) in [6, 6.07) is 3.62. The lowest BCUT2D eigenvalue weighted by molar-refractivity contribution is -0.384. The van der Waals surface area contributed by atoms with Crippen LogP contribution in [0.1, 0.15) is 17.3 Å². The van der Waals surface area contributed by atoms with E-state index in [1.165, 1.54) is 12.1 Å². The van der Waals surface area contributed by atoms with Gasteiger partial charge in [0.25, 0.3) is 5.69 Å². The number of hydrogen-bond donors (Lipinski definition) is 1. The Morgan fingerprint density at radius 1 is 1.59 bits per heavy atom. The zero-order valence-corrected chi connectivity index (χ0v) is 9.30. The molecule has 0 atom stereocenters. The predicted molar refractivity (Wildman–Crippen MR) is 62.6 cm³/mol. The van der Waals surface area contributed by atoms with Gasteiger partial charge < -0.3 is 10.5 Å². The van der Waals surface area contributed by atoms with Crippen molar-refractivity contribution in [1.82, 2.24) is 0 Å². The highest BCUT2D eigenvalue weighted by atomic mass is 16.6. The van der Waals surface area contributed by atoms with E-state index in [2.05, 4.69) is 6.58 Å². The fourth-order valence-electron chi connectivity index (χ4n) is 1.10. The fraction of sp³-hybridized carbons (Fsp3) is 0.182. The van der Waals surface area contributed by atoms with Crippen molar-refractivity contribution in [3.05, 3.63) is 46.0 Å². The third-order valence-corrected chi connectivity index (χ3v) is 1.92. The summed E-state index contributed by atoms with van der Waals surface area (Å²) in [5.74, 6) is -0.700. The van der Waals surface area contributed by atoms with Gasteiger partial charge in [0.2, 0.25) is 0 Å². The number of hydrogen-bond acceptors (Lipinski definition) is 5. The van der Waals surface area contributed by atoms with Gasteiger partial charge in [-0.2, -0.15) is 0 Å². The highest BCUT2D eigenvalue weighted by molar-refractivity contribution is 5.95. The van der Waals surface area contributed by atoms with Crippen molar-refractivity contribution in [1.29, 1.82) is 0 Å². The quantitative estimate of drug-likeness (QED) is 0.283. The van der Waals surface area contributed by atoms with Gasteiger partial charge in [-0.1, -0.05) is 6.58 Å². The molecule has 1 aromatic rings. The molecule has 0 aliphatic rings. The molecule has 0 bridgehead atoms. The van der Waals surface area contributed by atoms with Gasteiger partial charge in [0.05, 0.1) is 10.5 Å². The van der Waals surface area contributed by atoms with Crippen LogP contribution in [0.3, 0.4) is 0 Å². The largest absolute Gasteiger partial charge is 0.458 e. The van der Waals surface area contributed by atoms with Crippen LogP contribution in [0, 0.1) is 10.1 Å². The summed E-state index contributed by atoms with van der Waals surface area (Å²) in [6.07, 6.45) is 0. The third kappa shape index (κ3) is 3.30. The molecule has 0 spiro atoms. The number of nitrogens with zero attached hydrogens (tertiary/aromatic N) is 1. The fourth-order valence-corrected chi connectivity index (χ4v) is 1.10. The smallest absolute Gasteiger partial charge is 0.340 e. The zero-order chi connectivity index (χ0) is 13.0. The number of carbonyl (C=O) groups is 1. The first-order valence-electron chi connectivity index (χ1n) is 4.77. The molecular formula is C11H12N2O4. The number of nitro groups is 1. The molecule has 1 rings (SSSR count). The minimum absolute atomic E-state index is 0.0135. The molecule has 0 aliphatic carbocycles. The second-order valence-electron chi connectivity index (χ2n) is 3.56. The van der Waals surface area contributed by atoms with E-state index in [4.69, 9.17) is 10.5 Å². The average molecular weight is 236 g/mol. The number of rotatable bonds is 4. The normalized spacial score (nSPS) is 9.71. The van der Waals surface area contributed by atoms with Crippen LogP contribution in [0.5, 0.6) is 0 Å². The van der Waals surface area contributed by atoms with Crippen LogP contribution in [-0.4, -0.2) is 17.5 Å². The van der Waals surface area contributed by atoms with E-state index in [0.717, 1.165) is 6.07 Å². The Kier molecular flexibility index (Phi) is 3.82. The van der Waals surface area contributed by atoms with Crippen molar-refractivity contribution < 1.29 is 14.5 Å². The molecule has 0 aliphatic heterocycles. The van der Waals surface area contributed by atoms with Gasteiger partial charge in [0, 0.05) is 17.8 Å². The van der Waals surface area contributed by atoms with Gasteiger partial charge >= 0.3 is 5.97 Å². The van der Waals surface area contributed by atoms with Gasteiger partial charge in [-0.05, 0) is 18.6 Å². The van der Waals surface area contributed by atoms with Gasteiger partial charge in [-0.25, -0.2) is 4.79 Å². The van der Waals surface area contributed by atoms with Crippen LogP contribution in [0.15, 0.2) is 30.4 Å². The Morgan fingerprint density at radius 2 is 2.24 bits per heavy atom. The molecule has 90 valence electrons. The van der Waals surface area contributed by atoms with Crippen molar-refractivity contribution in [2.24, 2.45) is 0 Å². The number of nitrogen functional groups attached to an aromatic ring is 1. The molecule has 2 N–H and O–H groups in total. The van der Waals surface area contributed by atoms with Crippen molar-refractivity contribution in [2.75, 3.05) is 12.3 Å². The Balaban J connectivity index is 2.95. The monoisotopic (exact) mass is 236 g/mol. The number of anilines is 1. The maximum atomic E-state index is 11.6. The first-order valence-corrected chi connectivity index (χ1v) is 4.77. The molecule has 0 saturated heterocycles. The second-order valence-corrected chi connectivity index (χ2v) is 3.56. The molecule has 0 unspecified atom stereocenters. The highest BCUT2D eigenvalue weighted by Gasteiger charge is 2.16. The Morgan fingerprint density at radius 3 is 2.76 bits per heavy atom. The van der Waals surface area contributed by atoms with E-state index in [-0.39, 0.29) is 23.5 Å². The third-order valence-electron chi connectivity index (χ3n) is 1.92. The van der Waals surface area contributed by atoms with Crippen molar-refractivity contribution >= 4 is 17.3 Å². The number of ether oxygens (including phenoxy) is 1. The lowest BCUT2D eigenvalue weighted by Gasteiger charge is -2.06. The second kappa shape index (κ2) is 5.11. The van der Waals surface area contributed by atoms with Gasteiger partial charge in [-0.15, -0.1) is 0 Å². The summed E-state index contributed by atoms with van der Waals surface area (Å²) in [4.78, 5) is 21.5. The van der Waals surface area contributed by atoms with Crippen molar-refractivity contribution in [3.63, 3.8) is 0 Å². The summed E-state index contributed by atoms with van der Waals surface area (Å²) < 4.78 is 4.86. The minimum Gasteiger partial charge on any atom is -0.458 e. The average Bonchev–Trinajstić information content (AvgIpc) is 2.26. The SMILES string of the molecule is C=C(C)COC(=O)c1cc([N+](=O)[O-])ccc1N. The predicted octanol–water partition coefficient (Wildman–Crippen LogP) is 1.91. The lowest BCUT2D eigenvalue weighted by Crippen LogP contribution is -2.10. The summed E-state index contributed by atoms with van der Waals surface area (Å²) in [5, 5.41) is 10.6. The number of non-ortho nitro benzene ring substituents is 1. The molecule has 0 aromatic heterocycles. The zero-order valence-electron chi connectivity index (χ0n) is 9.30. The Bertz CT molecular complexity index is 482. The number of benzene rings is 1. The first-order chi connectivity index (χ1) is 7.91. The van der Waals surface area contributed by atoms with E-state index in [9.17, 15) is 14.9 Å². The molecule has 17 heavy (non-hydrogen) atoms. The number of carbonyl (C=O) groups excluding carboxylic acids is 1. The van der Waals surface area contributed by atoms with Crippen molar-refractivity contribution in [2.45, 2.75) is 6.92 Å². The topological polar surface area (TPSA) is 95.5 Å². The molecule has 0 fully saturated rings. The molecule has 6 nitrogen and oxygen atoms in total. The van der Waals surface area contributed by atoms with Crippen molar-refractivity contribution in [3.8, 4) is 0 Å². The summed E-state index contributed by atoms with van der Waals surface area (Å²) in [6.45, 7) is 5.33. The lowest BCUT2D eigenvalue weighted by atomic mass is 10.1. The standard InChI is InChI=1S/C11H12N2O4/c1-7(2)6-17-11(14)9-5-8(13(15)16)3-4-10(9)12/h3-5H,1,6,12H2,2H3. The van der Waals surface area contributed by atoms with Crippen LogP contribution in [0.25, 0.3) is 0 Å². The van der Waals surface area contributed by atoms with Gasteiger partial charge in [0.15, 0.2) is 0 Å². The van der Waals surface area contributed by atoms with Crippen LogP contribution >= 0.6 is 0 Å². The molecule has 0 radical (unpaired) electrons. The van der Waals surface area contributed by atoms with Crippen LogP contribution in [0.4, 0.5) is 11.4 Å². The van der Waals surface area contributed by atoms with E-state index in [1.54, 1.807) is 6.92 Å². The molecule has 1 aromatic carbocycles. The van der Waals surface area contributed by atoms with E-state index < -0.39 is 10.9 Å². The van der Waals surface area contributed by atoms with E-state index in [1.807, 2.05) is 0 Å². The summed E-state index contributed by atoms with van der Waals surface area (Å²) in [5.41, 5.74) is 6.14. The molecule has 6 heteroatoms. The minimum atomic E-state index is -0.700. The maximum absolute atomic E-state index is 11.6. The van der Waals surface area contributed by atoms with Crippen LogP contribution < -0.4 is 5.73 Å². The van der Waals surface area contributed by atoms with Crippen LogP contribution in [-0.2, 0) is 4.74 Å². The maximum Gasteiger partial charge on any atom is 0.340 e. The first kappa shape index (κ1) is 12.7. The number of nitro benzene ring substituents is 1. The Hall–Kier alpha value is -2.37. The summed E-state index contributed by atoms with van der Waals surface area (Å²) in [7, 11) is 0.